The van der Waals surface area contributed by atoms with E-state index >= 15 is 0 Å². The van der Waals surface area contributed by atoms with Gasteiger partial charge in [0.2, 0.25) is 5.91 Å². The van der Waals surface area contributed by atoms with Gasteiger partial charge in [-0.15, -0.1) is 0 Å². The van der Waals surface area contributed by atoms with E-state index in [9.17, 15) is 4.79 Å². The molecule has 19 heavy (non-hydrogen) atoms. The predicted octanol–water partition coefficient (Wildman–Crippen LogP) is 2.80. The second-order valence-electron chi connectivity index (χ2n) is 4.69. The molecule has 0 atom stereocenters. The molecule has 0 aliphatic rings. The SMILES string of the molecule is CNNC(=O)CCCCc1ccc2ccccc2c1. The lowest BCUT2D eigenvalue weighted by Crippen LogP contribution is -2.33. The average molecular weight is 256 g/mol. The number of rotatable bonds is 6. The fraction of sp³-hybridized carbons (Fsp3) is 0.312. The van der Waals surface area contributed by atoms with Crippen LogP contribution in [0.4, 0.5) is 0 Å². The first kappa shape index (κ1) is 13.6. The van der Waals surface area contributed by atoms with Crippen LogP contribution in [0.1, 0.15) is 24.8 Å². The minimum Gasteiger partial charge on any atom is -0.292 e. The third kappa shape index (κ3) is 4.07. The summed E-state index contributed by atoms with van der Waals surface area (Å²) in [6.45, 7) is 0. The van der Waals surface area contributed by atoms with E-state index in [1.165, 1.54) is 16.3 Å². The van der Waals surface area contributed by atoms with Crippen molar-refractivity contribution in [2.24, 2.45) is 0 Å². The Balaban J connectivity index is 1.83. The number of hydrogen-bond acceptors (Lipinski definition) is 2. The maximum Gasteiger partial charge on any atom is 0.234 e. The van der Waals surface area contributed by atoms with Gasteiger partial charge in [-0.3, -0.25) is 10.2 Å². The van der Waals surface area contributed by atoms with Crippen LogP contribution in [-0.4, -0.2) is 13.0 Å². The molecular weight excluding hydrogens is 236 g/mol. The standard InChI is InChI=1S/C16H20N2O/c1-17-18-16(19)9-5-2-6-13-10-11-14-7-3-4-8-15(14)12-13/h3-4,7-8,10-12,17H,2,5-6,9H2,1H3,(H,18,19). The zero-order valence-corrected chi connectivity index (χ0v) is 11.3. The molecule has 0 aliphatic carbocycles. The van der Waals surface area contributed by atoms with E-state index in [-0.39, 0.29) is 5.91 Å². The zero-order chi connectivity index (χ0) is 13.5. The van der Waals surface area contributed by atoms with Crippen molar-refractivity contribution in [2.45, 2.75) is 25.7 Å². The normalized spacial score (nSPS) is 10.6. The number of carbonyl (C=O) groups is 1. The average Bonchev–Trinajstić information content (AvgIpc) is 2.44. The van der Waals surface area contributed by atoms with Gasteiger partial charge in [-0.05, 0) is 35.6 Å². The smallest absolute Gasteiger partial charge is 0.234 e. The van der Waals surface area contributed by atoms with Crippen LogP contribution in [0.2, 0.25) is 0 Å². The Hall–Kier alpha value is -1.87. The van der Waals surface area contributed by atoms with Gasteiger partial charge in [0.1, 0.15) is 0 Å². The predicted molar refractivity (Wildman–Crippen MR) is 78.7 cm³/mol. The number of unbranched alkanes of at least 4 members (excludes halogenated alkanes) is 1. The molecule has 0 spiro atoms. The van der Waals surface area contributed by atoms with Crippen molar-refractivity contribution >= 4 is 16.7 Å². The fourth-order valence-corrected chi connectivity index (χ4v) is 2.21. The van der Waals surface area contributed by atoms with E-state index in [0.717, 1.165) is 19.3 Å². The minimum atomic E-state index is 0.0565. The number of benzene rings is 2. The summed E-state index contributed by atoms with van der Waals surface area (Å²) >= 11 is 0. The summed E-state index contributed by atoms with van der Waals surface area (Å²) in [6.07, 6.45) is 3.56. The molecule has 100 valence electrons. The van der Waals surface area contributed by atoms with Gasteiger partial charge in [-0.25, -0.2) is 5.43 Å². The Labute approximate surface area is 114 Å². The minimum absolute atomic E-state index is 0.0565. The molecule has 2 rings (SSSR count). The quantitative estimate of drug-likeness (QED) is 0.616. The second-order valence-corrected chi connectivity index (χ2v) is 4.69. The third-order valence-corrected chi connectivity index (χ3v) is 3.20. The van der Waals surface area contributed by atoms with Crippen molar-refractivity contribution in [3.8, 4) is 0 Å². The van der Waals surface area contributed by atoms with Gasteiger partial charge >= 0.3 is 0 Å². The molecular formula is C16H20N2O. The highest BCUT2D eigenvalue weighted by Gasteiger charge is 2.00. The van der Waals surface area contributed by atoms with Crippen LogP contribution in [0.5, 0.6) is 0 Å². The molecule has 0 aliphatic heterocycles. The van der Waals surface area contributed by atoms with E-state index in [1.807, 2.05) is 0 Å². The Bertz CT molecular complexity index is 551. The van der Waals surface area contributed by atoms with Gasteiger partial charge in [0, 0.05) is 13.5 Å². The maximum atomic E-state index is 11.3. The second kappa shape index (κ2) is 6.90. The van der Waals surface area contributed by atoms with Crippen LogP contribution in [0.3, 0.4) is 0 Å². The Morgan fingerprint density at radius 2 is 1.84 bits per heavy atom. The van der Waals surface area contributed by atoms with Gasteiger partial charge in [0.05, 0.1) is 0 Å². The lowest BCUT2D eigenvalue weighted by Gasteiger charge is -2.05. The van der Waals surface area contributed by atoms with Gasteiger partial charge in [0.25, 0.3) is 0 Å². The number of hydrazine groups is 1. The summed E-state index contributed by atoms with van der Waals surface area (Å²) in [4.78, 5) is 11.3. The van der Waals surface area contributed by atoms with Crippen molar-refractivity contribution in [3.63, 3.8) is 0 Å². The van der Waals surface area contributed by atoms with Crippen molar-refractivity contribution in [1.82, 2.24) is 10.9 Å². The monoisotopic (exact) mass is 256 g/mol. The summed E-state index contributed by atoms with van der Waals surface area (Å²) in [7, 11) is 1.70. The number of aryl methyl sites for hydroxylation is 1. The summed E-state index contributed by atoms with van der Waals surface area (Å²) < 4.78 is 0. The van der Waals surface area contributed by atoms with Crippen LogP contribution in [0.25, 0.3) is 10.8 Å². The first-order valence-corrected chi connectivity index (χ1v) is 6.73. The van der Waals surface area contributed by atoms with E-state index in [0.29, 0.717) is 6.42 Å². The molecule has 0 fully saturated rings. The molecule has 2 aromatic rings. The van der Waals surface area contributed by atoms with Crippen molar-refractivity contribution in [2.75, 3.05) is 7.05 Å². The van der Waals surface area contributed by atoms with E-state index in [2.05, 4.69) is 53.3 Å². The lowest BCUT2D eigenvalue weighted by atomic mass is 10.0. The molecule has 0 bridgehead atoms. The van der Waals surface area contributed by atoms with E-state index in [1.54, 1.807) is 7.05 Å². The molecule has 0 unspecified atom stereocenters. The Kier molecular flexibility index (Phi) is 4.93. The van der Waals surface area contributed by atoms with Crippen LogP contribution in [-0.2, 0) is 11.2 Å². The largest absolute Gasteiger partial charge is 0.292 e. The lowest BCUT2D eigenvalue weighted by molar-refractivity contribution is -0.122. The molecule has 3 nitrogen and oxygen atoms in total. The number of hydrogen-bond donors (Lipinski definition) is 2. The Morgan fingerprint density at radius 3 is 2.63 bits per heavy atom. The van der Waals surface area contributed by atoms with Gasteiger partial charge in [-0.2, -0.15) is 0 Å². The summed E-state index contributed by atoms with van der Waals surface area (Å²) in [5.41, 5.74) is 6.57. The molecule has 0 saturated heterocycles. The molecule has 0 aromatic heterocycles. The topological polar surface area (TPSA) is 41.1 Å². The van der Waals surface area contributed by atoms with Crippen LogP contribution < -0.4 is 10.9 Å². The van der Waals surface area contributed by atoms with E-state index < -0.39 is 0 Å². The fourth-order valence-electron chi connectivity index (χ4n) is 2.21. The first-order valence-electron chi connectivity index (χ1n) is 6.73. The highest BCUT2D eigenvalue weighted by molar-refractivity contribution is 5.83. The molecule has 2 aromatic carbocycles. The van der Waals surface area contributed by atoms with Crippen LogP contribution in [0.15, 0.2) is 42.5 Å². The summed E-state index contributed by atoms with van der Waals surface area (Å²) in [5, 5.41) is 2.56. The maximum absolute atomic E-state index is 11.3. The molecule has 0 radical (unpaired) electrons. The number of nitrogens with one attached hydrogen (secondary N) is 2. The van der Waals surface area contributed by atoms with Crippen molar-refractivity contribution in [3.05, 3.63) is 48.0 Å². The van der Waals surface area contributed by atoms with Crippen molar-refractivity contribution < 1.29 is 4.79 Å². The van der Waals surface area contributed by atoms with Gasteiger partial charge in [-0.1, -0.05) is 42.5 Å². The third-order valence-electron chi connectivity index (χ3n) is 3.20. The molecule has 2 N–H and O–H groups in total. The summed E-state index contributed by atoms with van der Waals surface area (Å²) in [6, 6.07) is 15.0. The van der Waals surface area contributed by atoms with Crippen LogP contribution >= 0.6 is 0 Å². The first-order chi connectivity index (χ1) is 9.29. The number of fused-ring (bicyclic) bond motifs is 1. The van der Waals surface area contributed by atoms with Crippen LogP contribution in [0, 0.1) is 0 Å². The van der Waals surface area contributed by atoms with Gasteiger partial charge in [0.15, 0.2) is 0 Å². The number of amides is 1. The zero-order valence-electron chi connectivity index (χ0n) is 11.3. The Morgan fingerprint density at radius 1 is 1.05 bits per heavy atom. The molecule has 0 saturated carbocycles. The van der Waals surface area contributed by atoms with E-state index in [4.69, 9.17) is 0 Å². The summed E-state index contributed by atoms with van der Waals surface area (Å²) in [5.74, 6) is 0.0565. The van der Waals surface area contributed by atoms with Gasteiger partial charge < -0.3 is 0 Å². The van der Waals surface area contributed by atoms with Crippen molar-refractivity contribution in [1.29, 1.82) is 0 Å². The molecule has 1 amide bonds. The molecule has 3 heteroatoms. The molecule has 0 heterocycles. The highest BCUT2D eigenvalue weighted by atomic mass is 16.2. The number of carbonyl (C=O) groups excluding carboxylic acids is 1. The highest BCUT2D eigenvalue weighted by Crippen LogP contribution is 2.17.